The van der Waals surface area contributed by atoms with Crippen LogP contribution in [0.1, 0.15) is 27.7 Å². The molecule has 0 saturated carbocycles. The van der Waals surface area contributed by atoms with E-state index in [1.54, 1.807) is 20.8 Å². The number of esters is 2. The Morgan fingerprint density at radius 2 is 2.06 bits per heavy atom. The molecule has 31 heavy (non-hydrogen) atoms. The number of fused-ring (bicyclic) bond motifs is 1. The second kappa shape index (κ2) is 8.57. The van der Waals surface area contributed by atoms with Gasteiger partial charge in [-0.15, -0.1) is 11.8 Å². The van der Waals surface area contributed by atoms with Gasteiger partial charge < -0.3 is 14.8 Å². The van der Waals surface area contributed by atoms with Crippen molar-refractivity contribution < 1.29 is 37.9 Å². The molecule has 12 nitrogen and oxygen atoms in total. The number of carbonyl (C=O) groups excluding carboxylic acids is 4. The van der Waals surface area contributed by atoms with Crippen molar-refractivity contribution in [2.45, 2.75) is 51.3 Å². The number of nitrogens with one attached hydrogen (secondary N) is 2. The molecular weight excluding hydrogens is 432 g/mol. The van der Waals surface area contributed by atoms with Gasteiger partial charge in [0.1, 0.15) is 29.3 Å². The maximum Gasteiger partial charge on any atom is 0.426 e. The molecule has 2 atom stereocenters. The molecule has 1 aromatic heterocycles. The number of nitrogens with zero attached hydrogens (tertiary/aromatic N) is 2. The number of thioether (sulfide) groups is 1. The highest BCUT2D eigenvalue weighted by atomic mass is 32.2. The Hall–Kier alpha value is -3.09. The van der Waals surface area contributed by atoms with Crippen molar-refractivity contribution >= 4 is 35.5 Å². The number of aromatic nitrogens is 2. The van der Waals surface area contributed by atoms with Crippen molar-refractivity contribution in [3.8, 4) is 0 Å². The average molecular weight is 455 g/mol. The maximum absolute atomic E-state index is 12.8. The number of carbonyl (C=O) groups is 4. The lowest BCUT2D eigenvalue weighted by atomic mass is 10.0. The van der Waals surface area contributed by atoms with Gasteiger partial charge in [-0.25, -0.2) is 9.59 Å². The van der Waals surface area contributed by atoms with Crippen LogP contribution in [0.25, 0.3) is 0 Å². The van der Waals surface area contributed by atoms with Crippen LogP contribution in [-0.4, -0.2) is 63.3 Å². The van der Waals surface area contributed by atoms with E-state index in [4.69, 9.17) is 9.47 Å². The van der Waals surface area contributed by atoms with E-state index in [2.05, 4.69) is 15.1 Å². The van der Waals surface area contributed by atoms with Gasteiger partial charge in [-0.3, -0.25) is 23.8 Å². The molecule has 1 unspecified atom stereocenters. The zero-order valence-corrected chi connectivity index (χ0v) is 18.2. The monoisotopic (exact) mass is 455 g/mol. The van der Waals surface area contributed by atoms with Gasteiger partial charge in [0, 0.05) is 18.2 Å². The molecular formula is C18H23N4O8S+. The normalized spacial score (nSPS) is 20.6. The minimum atomic E-state index is -0.857. The van der Waals surface area contributed by atoms with Gasteiger partial charge in [0.05, 0.1) is 0 Å². The van der Waals surface area contributed by atoms with Crippen molar-refractivity contribution in [3.05, 3.63) is 27.9 Å². The van der Waals surface area contributed by atoms with Crippen LogP contribution in [0.2, 0.25) is 0 Å². The predicted molar refractivity (Wildman–Crippen MR) is 104 cm³/mol. The number of ether oxygens (including phenoxy) is 2. The van der Waals surface area contributed by atoms with Crippen molar-refractivity contribution in [1.82, 2.24) is 15.5 Å². The second-order valence-corrected chi connectivity index (χ2v) is 9.06. The highest BCUT2D eigenvalue weighted by molar-refractivity contribution is 8.00. The van der Waals surface area contributed by atoms with E-state index in [1.165, 1.54) is 23.6 Å². The summed E-state index contributed by atoms with van der Waals surface area (Å²) in [7, 11) is 0. The molecule has 3 heterocycles. The molecule has 0 radical (unpaired) electrons. The fraction of sp³-hybridized carbons (Fsp3) is 0.556. The van der Waals surface area contributed by atoms with Crippen LogP contribution in [0.15, 0.2) is 26.8 Å². The Kier molecular flexibility index (Phi) is 6.25. The third kappa shape index (κ3) is 5.16. The Balaban J connectivity index is 1.76. The number of hydrogen-bond acceptors (Lipinski definition) is 9. The summed E-state index contributed by atoms with van der Waals surface area (Å²) in [6, 6.07) is -0.857. The molecule has 0 bridgehead atoms. The van der Waals surface area contributed by atoms with E-state index in [-0.39, 0.29) is 18.8 Å². The number of rotatable bonds is 6. The zero-order chi connectivity index (χ0) is 22.9. The fourth-order valence-electron chi connectivity index (χ4n) is 3.03. The summed E-state index contributed by atoms with van der Waals surface area (Å²) in [4.78, 5) is 61.4. The van der Waals surface area contributed by atoms with Crippen molar-refractivity contribution in [2.75, 3.05) is 12.4 Å². The number of aromatic amines is 1. The topological polar surface area (TPSA) is 152 Å². The minimum absolute atomic E-state index is 0.0314. The molecule has 0 spiro atoms. The molecule has 2 aliphatic rings. The highest BCUT2D eigenvalue weighted by Crippen LogP contribution is 2.41. The molecule has 0 aliphatic carbocycles. The highest BCUT2D eigenvalue weighted by Gasteiger charge is 2.55. The van der Waals surface area contributed by atoms with E-state index in [0.717, 1.165) is 10.9 Å². The van der Waals surface area contributed by atoms with Crippen molar-refractivity contribution in [3.63, 3.8) is 0 Å². The van der Waals surface area contributed by atoms with Gasteiger partial charge in [-0.2, -0.15) is 0 Å². The number of amides is 2. The second-order valence-electron chi connectivity index (χ2n) is 7.96. The molecule has 168 valence electrons. The summed E-state index contributed by atoms with van der Waals surface area (Å²) in [5, 5.41) is 4.32. The third-order valence-electron chi connectivity index (χ3n) is 4.24. The lowest BCUT2D eigenvalue weighted by molar-refractivity contribution is -0.751. The largest absolute Gasteiger partial charge is 0.461 e. The first-order valence-corrected chi connectivity index (χ1v) is 10.4. The van der Waals surface area contributed by atoms with Gasteiger partial charge in [-0.1, -0.05) is 4.68 Å². The van der Waals surface area contributed by atoms with E-state index in [1.807, 2.05) is 0 Å². The summed E-state index contributed by atoms with van der Waals surface area (Å²) in [6.07, 6.45) is 1.06. The van der Waals surface area contributed by atoms with Crippen LogP contribution in [-0.2, 0) is 35.2 Å². The summed E-state index contributed by atoms with van der Waals surface area (Å²) < 4.78 is 16.1. The number of hydrogen-bond donors (Lipinski definition) is 2. The predicted octanol–water partition coefficient (Wildman–Crippen LogP) is -1.19. The van der Waals surface area contributed by atoms with Crippen LogP contribution in [0.4, 0.5) is 0 Å². The van der Waals surface area contributed by atoms with E-state index < -0.39 is 46.4 Å². The van der Waals surface area contributed by atoms with Crippen LogP contribution >= 0.6 is 11.8 Å². The third-order valence-corrected chi connectivity index (χ3v) is 5.58. The van der Waals surface area contributed by atoms with Crippen LogP contribution < -0.4 is 15.6 Å². The van der Waals surface area contributed by atoms with Crippen molar-refractivity contribution in [2.24, 2.45) is 0 Å². The molecule has 1 saturated heterocycles. The maximum atomic E-state index is 12.8. The lowest BCUT2D eigenvalue weighted by Crippen LogP contribution is -2.71. The van der Waals surface area contributed by atoms with Gasteiger partial charge in [-0.05, 0) is 26.0 Å². The standard InChI is InChI=1S/C18H22N4O8S/c1-9(23)28-7-10-8-31-16-13(19-11(24)5-21-6-12(25)30-20-21)15(26)22(16)14(10)17(27)29-18(2,3)4/h6,13,16H,5,7-8H2,1-4H3,(H-,19,20,24,25)/p+1/t13?,16-/m0/s1. The molecule has 13 heteroatoms. The SMILES string of the molecule is CC(=O)OCC1=C(C(=O)OC(C)(C)C)N2C(=O)C(NC(=O)C[n+]3cc(=O)o[nH]3)[C@@H]2SC1. The Morgan fingerprint density at radius 1 is 1.35 bits per heavy atom. The molecule has 2 N–H and O–H groups in total. The Labute approximate surface area is 180 Å². The molecule has 1 aromatic rings. The summed E-state index contributed by atoms with van der Waals surface area (Å²) in [6.45, 7) is 5.95. The molecule has 2 amide bonds. The fourth-order valence-corrected chi connectivity index (χ4v) is 4.36. The summed E-state index contributed by atoms with van der Waals surface area (Å²) >= 11 is 1.33. The Bertz CT molecular complexity index is 1000. The molecule has 0 aromatic carbocycles. The minimum Gasteiger partial charge on any atom is -0.461 e. The lowest BCUT2D eigenvalue weighted by Gasteiger charge is -2.49. The number of H-pyrrole nitrogens is 1. The zero-order valence-electron chi connectivity index (χ0n) is 17.4. The first-order chi connectivity index (χ1) is 14.5. The van der Waals surface area contributed by atoms with Crippen molar-refractivity contribution in [1.29, 1.82) is 0 Å². The van der Waals surface area contributed by atoms with Gasteiger partial charge in [0.2, 0.25) is 0 Å². The van der Waals surface area contributed by atoms with Crippen LogP contribution in [0, 0.1) is 0 Å². The summed E-state index contributed by atoms with van der Waals surface area (Å²) in [5.74, 6) is -1.92. The molecule has 3 rings (SSSR count). The summed E-state index contributed by atoms with van der Waals surface area (Å²) in [5.41, 5.74) is -0.954. The smallest absolute Gasteiger partial charge is 0.426 e. The molecule has 1 fully saturated rings. The molecule has 2 aliphatic heterocycles. The average Bonchev–Trinajstić information content (AvgIpc) is 3.06. The van der Waals surface area contributed by atoms with E-state index in [9.17, 15) is 24.0 Å². The number of β-lactam (4-membered cyclic amide) rings is 1. The first-order valence-electron chi connectivity index (χ1n) is 9.37. The Morgan fingerprint density at radius 3 is 2.65 bits per heavy atom. The van der Waals surface area contributed by atoms with Gasteiger partial charge in [0.15, 0.2) is 0 Å². The first kappa shape index (κ1) is 22.6. The van der Waals surface area contributed by atoms with E-state index >= 15 is 0 Å². The van der Waals surface area contributed by atoms with Crippen LogP contribution in [0.3, 0.4) is 0 Å². The quantitative estimate of drug-likeness (QED) is 0.306. The van der Waals surface area contributed by atoms with E-state index in [0.29, 0.717) is 11.3 Å². The van der Waals surface area contributed by atoms with Crippen LogP contribution in [0.5, 0.6) is 0 Å². The van der Waals surface area contributed by atoms with Gasteiger partial charge >= 0.3 is 17.6 Å². The van der Waals surface area contributed by atoms with Gasteiger partial charge in [0.25, 0.3) is 24.6 Å².